The second-order valence-electron chi connectivity index (χ2n) is 7.64. The SMILES string of the molecule is CC(=O)CCCOc1nc(N2CCOCC2)cc(-n2ccc(-c3cccc(C)c3)n2)n1. The molecule has 1 saturated heterocycles. The molecule has 0 bridgehead atoms. The van der Waals surface area contributed by atoms with Crippen LogP contribution in [0.4, 0.5) is 5.82 Å². The van der Waals surface area contributed by atoms with Gasteiger partial charge in [0.2, 0.25) is 0 Å². The molecule has 31 heavy (non-hydrogen) atoms. The van der Waals surface area contributed by atoms with E-state index in [1.807, 2.05) is 30.5 Å². The quantitative estimate of drug-likeness (QED) is 0.517. The van der Waals surface area contributed by atoms with Crippen molar-refractivity contribution in [2.45, 2.75) is 26.7 Å². The van der Waals surface area contributed by atoms with Gasteiger partial charge in [0.15, 0.2) is 5.82 Å². The first-order chi connectivity index (χ1) is 15.1. The molecule has 8 heteroatoms. The number of hydrogen-bond donors (Lipinski definition) is 0. The third kappa shape index (κ3) is 5.46. The van der Waals surface area contributed by atoms with Crippen molar-refractivity contribution in [3.05, 3.63) is 48.2 Å². The maximum atomic E-state index is 11.2. The Hall–Kier alpha value is -3.26. The zero-order valence-electron chi connectivity index (χ0n) is 18.0. The van der Waals surface area contributed by atoms with Crippen LogP contribution in [0.15, 0.2) is 42.6 Å². The second kappa shape index (κ2) is 9.70. The van der Waals surface area contributed by atoms with E-state index in [9.17, 15) is 4.79 Å². The van der Waals surface area contributed by atoms with Crippen LogP contribution < -0.4 is 9.64 Å². The molecule has 0 amide bonds. The molecular formula is C23H27N5O3. The molecule has 0 N–H and O–H groups in total. The number of morpholine rings is 1. The summed E-state index contributed by atoms with van der Waals surface area (Å²) in [6.07, 6.45) is 3.01. The van der Waals surface area contributed by atoms with Crippen LogP contribution in [0.5, 0.6) is 6.01 Å². The average molecular weight is 422 g/mol. The molecule has 0 unspecified atom stereocenters. The number of hydrogen-bond acceptors (Lipinski definition) is 7. The molecule has 1 aliphatic heterocycles. The number of Topliss-reactive ketones (excluding diaryl/α,β-unsaturated/α-hetero) is 1. The van der Waals surface area contributed by atoms with Gasteiger partial charge in [0.25, 0.3) is 0 Å². The molecule has 1 aliphatic rings. The van der Waals surface area contributed by atoms with Crippen molar-refractivity contribution in [2.75, 3.05) is 37.8 Å². The van der Waals surface area contributed by atoms with Crippen molar-refractivity contribution in [1.29, 1.82) is 0 Å². The number of benzene rings is 1. The van der Waals surface area contributed by atoms with Crippen LogP contribution in [0, 0.1) is 6.92 Å². The predicted octanol–water partition coefficient (Wildman–Crippen LogP) is 3.22. The first-order valence-corrected chi connectivity index (χ1v) is 10.6. The number of rotatable bonds is 8. The smallest absolute Gasteiger partial charge is 0.320 e. The van der Waals surface area contributed by atoms with Gasteiger partial charge in [-0.05, 0) is 32.4 Å². The standard InChI is InChI=1S/C23H27N5O3/c1-17-5-3-7-19(15-17)20-8-9-28(26-20)22-16-21(27-10-13-30-14-11-27)24-23(25-22)31-12-4-6-18(2)29/h3,5,7-9,15-16H,4,6,10-14H2,1-2H3. The van der Waals surface area contributed by atoms with Gasteiger partial charge in [-0.2, -0.15) is 15.1 Å². The highest BCUT2D eigenvalue weighted by atomic mass is 16.5. The molecule has 3 aromatic rings. The molecule has 0 spiro atoms. The molecule has 1 fully saturated rings. The fourth-order valence-electron chi connectivity index (χ4n) is 3.43. The summed E-state index contributed by atoms with van der Waals surface area (Å²) in [6, 6.07) is 12.4. The minimum atomic E-state index is 0.146. The summed E-state index contributed by atoms with van der Waals surface area (Å²) in [5.74, 6) is 1.56. The maximum Gasteiger partial charge on any atom is 0.320 e. The molecule has 3 heterocycles. The van der Waals surface area contributed by atoms with Crippen molar-refractivity contribution < 1.29 is 14.3 Å². The number of ether oxygens (including phenoxy) is 2. The highest BCUT2D eigenvalue weighted by molar-refractivity contribution is 5.75. The Balaban J connectivity index is 1.61. The maximum absolute atomic E-state index is 11.2. The Morgan fingerprint density at radius 1 is 1.13 bits per heavy atom. The number of anilines is 1. The number of aromatic nitrogens is 4. The van der Waals surface area contributed by atoms with E-state index in [1.165, 1.54) is 5.56 Å². The van der Waals surface area contributed by atoms with Gasteiger partial charge in [-0.15, -0.1) is 0 Å². The molecule has 0 radical (unpaired) electrons. The van der Waals surface area contributed by atoms with Crippen LogP contribution in [-0.4, -0.2) is 58.4 Å². The molecule has 162 valence electrons. The first-order valence-electron chi connectivity index (χ1n) is 10.6. The van der Waals surface area contributed by atoms with Gasteiger partial charge in [0, 0.05) is 37.3 Å². The average Bonchev–Trinajstić information content (AvgIpc) is 3.28. The van der Waals surface area contributed by atoms with Gasteiger partial charge in [-0.3, -0.25) is 0 Å². The molecule has 1 aromatic carbocycles. The molecule has 2 aromatic heterocycles. The van der Waals surface area contributed by atoms with E-state index in [0.29, 0.717) is 38.5 Å². The van der Waals surface area contributed by atoms with Gasteiger partial charge in [-0.1, -0.05) is 23.8 Å². The molecular weight excluding hydrogens is 394 g/mol. The molecule has 0 aliphatic carbocycles. The van der Waals surface area contributed by atoms with Crippen molar-refractivity contribution >= 4 is 11.6 Å². The van der Waals surface area contributed by atoms with Crippen LogP contribution >= 0.6 is 0 Å². The van der Waals surface area contributed by atoms with Crippen molar-refractivity contribution in [3.63, 3.8) is 0 Å². The van der Waals surface area contributed by atoms with Crippen molar-refractivity contribution in [2.24, 2.45) is 0 Å². The second-order valence-corrected chi connectivity index (χ2v) is 7.64. The Labute approximate surface area is 181 Å². The summed E-state index contributed by atoms with van der Waals surface area (Å²) in [4.78, 5) is 22.5. The minimum absolute atomic E-state index is 0.146. The van der Waals surface area contributed by atoms with E-state index in [0.717, 1.165) is 30.2 Å². The minimum Gasteiger partial charge on any atom is -0.463 e. The van der Waals surface area contributed by atoms with Crippen molar-refractivity contribution in [1.82, 2.24) is 19.7 Å². The number of aryl methyl sites for hydroxylation is 1. The Morgan fingerprint density at radius 3 is 2.71 bits per heavy atom. The van der Waals surface area contributed by atoms with Gasteiger partial charge < -0.3 is 19.2 Å². The van der Waals surface area contributed by atoms with Crippen LogP contribution in [0.3, 0.4) is 0 Å². The van der Waals surface area contributed by atoms with Gasteiger partial charge in [0.05, 0.1) is 25.5 Å². The molecule has 0 atom stereocenters. The predicted molar refractivity (Wildman–Crippen MR) is 118 cm³/mol. The molecule has 4 rings (SSSR count). The van der Waals surface area contributed by atoms with Crippen LogP contribution in [0.2, 0.25) is 0 Å². The van der Waals surface area contributed by atoms with Gasteiger partial charge in [-0.25, -0.2) is 4.68 Å². The number of carbonyl (C=O) groups excluding carboxylic acids is 1. The summed E-state index contributed by atoms with van der Waals surface area (Å²) in [6.45, 7) is 6.87. The number of nitrogens with zero attached hydrogens (tertiary/aromatic N) is 5. The monoisotopic (exact) mass is 421 g/mol. The van der Waals surface area contributed by atoms with Gasteiger partial charge in [0.1, 0.15) is 11.6 Å². The summed E-state index contributed by atoms with van der Waals surface area (Å²) in [5.41, 5.74) is 3.12. The van der Waals surface area contributed by atoms with E-state index in [1.54, 1.807) is 11.6 Å². The first kappa shape index (κ1) is 21.0. The fraction of sp³-hybridized carbons (Fsp3) is 0.391. The fourth-order valence-corrected chi connectivity index (χ4v) is 3.43. The molecule has 8 nitrogen and oxygen atoms in total. The summed E-state index contributed by atoms with van der Waals surface area (Å²) in [5, 5.41) is 4.72. The third-order valence-electron chi connectivity index (χ3n) is 5.06. The topological polar surface area (TPSA) is 82.4 Å². The highest BCUT2D eigenvalue weighted by Gasteiger charge is 2.17. The van der Waals surface area contributed by atoms with E-state index in [2.05, 4.69) is 33.9 Å². The largest absolute Gasteiger partial charge is 0.463 e. The zero-order chi connectivity index (χ0) is 21.6. The highest BCUT2D eigenvalue weighted by Crippen LogP contribution is 2.23. The normalized spacial score (nSPS) is 13.9. The summed E-state index contributed by atoms with van der Waals surface area (Å²) >= 11 is 0. The van der Waals surface area contributed by atoms with E-state index < -0.39 is 0 Å². The van der Waals surface area contributed by atoms with Gasteiger partial charge >= 0.3 is 6.01 Å². The lowest BCUT2D eigenvalue weighted by Gasteiger charge is -2.28. The summed E-state index contributed by atoms with van der Waals surface area (Å²) in [7, 11) is 0. The third-order valence-corrected chi connectivity index (χ3v) is 5.06. The van der Waals surface area contributed by atoms with E-state index >= 15 is 0 Å². The zero-order valence-corrected chi connectivity index (χ0v) is 18.0. The van der Waals surface area contributed by atoms with Crippen LogP contribution in [0.1, 0.15) is 25.3 Å². The van der Waals surface area contributed by atoms with Crippen molar-refractivity contribution in [3.8, 4) is 23.1 Å². The Bertz CT molecular complexity index is 1040. The number of carbonyl (C=O) groups is 1. The number of ketones is 1. The van der Waals surface area contributed by atoms with E-state index in [-0.39, 0.29) is 11.8 Å². The van der Waals surface area contributed by atoms with E-state index in [4.69, 9.17) is 14.6 Å². The van der Waals surface area contributed by atoms with Crippen LogP contribution in [-0.2, 0) is 9.53 Å². The summed E-state index contributed by atoms with van der Waals surface area (Å²) < 4.78 is 13.0. The van der Waals surface area contributed by atoms with Crippen LogP contribution in [0.25, 0.3) is 17.1 Å². The lowest BCUT2D eigenvalue weighted by molar-refractivity contribution is -0.117. The Kier molecular flexibility index (Phi) is 6.57. The Morgan fingerprint density at radius 2 is 1.94 bits per heavy atom. The lowest BCUT2D eigenvalue weighted by atomic mass is 10.1. The molecule has 0 saturated carbocycles. The lowest BCUT2D eigenvalue weighted by Crippen LogP contribution is -2.37.